The Labute approximate surface area is 124 Å². The number of hydrogen-bond acceptors (Lipinski definition) is 6. The molecule has 0 amide bonds. The maximum Gasteiger partial charge on any atom is 0.375 e. The number of rotatable bonds is 3. The Bertz CT molecular complexity index is 852. The van der Waals surface area contributed by atoms with Gasteiger partial charge in [0.05, 0.1) is 0 Å². The van der Waals surface area contributed by atoms with E-state index < -0.39 is 17.9 Å². The molecule has 0 aliphatic heterocycles. The molecule has 114 valence electrons. The van der Waals surface area contributed by atoms with Crippen LogP contribution in [0.4, 0.5) is 4.39 Å². The van der Waals surface area contributed by atoms with Gasteiger partial charge in [-0.15, -0.1) is 10.2 Å². The van der Waals surface area contributed by atoms with E-state index in [4.69, 9.17) is 13.6 Å². The number of hydrogen-bond donors (Lipinski definition) is 0. The second-order valence-electron chi connectivity index (χ2n) is 4.90. The van der Waals surface area contributed by atoms with Crippen LogP contribution in [-0.2, 0) is 4.74 Å². The Hall–Kier alpha value is -2.70. The summed E-state index contributed by atoms with van der Waals surface area (Å²) < 4.78 is 29.2. The van der Waals surface area contributed by atoms with E-state index in [1.54, 1.807) is 20.8 Å². The third-order valence-corrected chi connectivity index (χ3v) is 3.26. The van der Waals surface area contributed by atoms with Crippen molar-refractivity contribution in [2.45, 2.75) is 26.9 Å². The third kappa shape index (κ3) is 2.45. The highest BCUT2D eigenvalue weighted by Gasteiger charge is 2.24. The Balaban J connectivity index is 1.87. The summed E-state index contributed by atoms with van der Waals surface area (Å²) in [6, 6.07) is 4.05. The molecule has 0 saturated carbocycles. The van der Waals surface area contributed by atoms with Gasteiger partial charge >= 0.3 is 5.97 Å². The first-order valence-electron chi connectivity index (χ1n) is 6.65. The minimum absolute atomic E-state index is 0.0312. The summed E-state index contributed by atoms with van der Waals surface area (Å²) in [4.78, 5) is 12.2. The molecule has 0 N–H and O–H groups in total. The van der Waals surface area contributed by atoms with Crippen molar-refractivity contribution in [3.63, 3.8) is 0 Å². The summed E-state index contributed by atoms with van der Waals surface area (Å²) in [6.07, 6.45) is -0.710. The van der Waals surface area contributed by atoms with Crippen molar-refractivity contribution in [1.82, 2.24) is 10.2 Å². The summed E-state index contributed by atoms with van der Waals surface area (Å²) in [5.41, 5.74) is 0.945. The van der Waals surface area contributed by atoms with Crippen LogP contribution in [0.25, 0.3) is 11.0 Å². The zero-order valence-corrected chi connectivity index (χ0v) is 12.2. The van der Waals surface area contributed by atoms with E-state index in [0.717, 1.165) is 0 Å². The first-order chi connectivity index (χ1) is 10.5. The van der Waals surface area contributed by atoms with Gasteiger partial charge in [0.1, 0.15) is 11.4 Å². The van der Waals surface area contributed by atoms with Crippen LogP contribution in [0.1, 0.15) is 40.9 Å². The number of furan rings is 1. The van der Waals surface area contributed by atoms with Gasteiger partial charge < -0.3 is 13.6 Å². The molecule has 2 heterocycles. The van der Waals surface area contributed by atoms with E-state index in [0.29, 0.717) is 22.4 Å². The van der Waals surface area contributed by atoms with Gasteiger partial charge in [-0.05, 0) is 32.0 Å². The van der Waals surface area contributed by atoms with Crippen LogP contribution in [-0.4, -0.2) is 16.2 Å². The number of carbonyl (C=O) groups excluding carboxylic acids is 1. The maximum atomic E-state index is 13.3. The quantitative estimate of drug-likeness (QED) is 0.689. The first-order valence-corrected chi connectivity index (χ1v) is 6.65. The predicted molar refractivity (Wildman–Crippen MR) is 73.8 cm³/mol. The Morgan fingerprint density at radius 2 is 2.05 bits per heavy atom. The average molecular weight is 304 g/mol. The number of aryl methyl sites for hydroxylation is 2. The molecule has 22 heavy (non-hydrogen) atoms. The Morgan fingerprint density at radius 3 is 2.73 bits per heavy atom. The second-order valence-corrected chi connectivity index (χ2v) is 4.90. The summed E-state index contributed by atoms with van der Waals surface area (Å²) >= 11 is 0. The van der Waals surface area contributed by atoms with E-state index in [-0.39, 0.29) is 11.7 Å². The summed E-state index contributed by atoms with van der Waals surface area (Å²) in [5, 5.41) is 8.01. The lowest BCUT2D eigenvalue weighted by atomic mass is 10.1. The lowest BCUT2D eigenvalue weighted by molar-refractivity contribution is 0.0243. The smallest absolute Gasteiger partial charge is 0.375 e. The molecular weight excluding hydrogens is 291 g/mol. The van der Waals surface area contributed by atoms with Crippen LogP contribution in [0.5, 0.6) is 0 Å². The molecule has 3 rings (SSSR count). The molecule has 2 aromatic heterocycles. The van der Waals surface area contributed by atoms with Gasteiger partial charge in [-0.1, -0.05) is 0 Å². The molecule has 0 aliphatic carbocycles. The van der Waals surface area contributed by atoms with Crippen molar-refractivity contribution >= 4 is 16.9 Å². The van der Waals surface area contributed by atoms with E-state index in [9.17, 15) is 9.18 Å². The molecule has 0 spiro atoms. The van der Waals surface area contributed by atoms with Crippen LogP contribution in [0, 0.1) is 19.7 Å². The van der Waals surface area contributed by atoms with Crippen molar-refractivity contribution in [3.05, 3.63) is 47.1 Å². The molecule has 1 unspecified atom stereocenters. The molecule has 1 atom stereocenters. The molecule has 7 heteroatoms. The number of fused-ring (bicyclic) bond motifs is 1. The van der Waals surface area contributed by atoms with Crippen molar-refractivity contribution < 1.29 is 22.8 Å². The summed E-state index contributed by atoms with van der Waals surface area (Å²) in [5.74, 6) is -0.453. The average Bonchev–Trinajstić information content (AvgIpc) is 3.04. The summed E-state index contributed by atoms with van der Waals surface area (Å²) in [7, 11) is 0. The fourth-order valence-electron chi connectivity index (χ4n) is 2.13. The highest BCUT2D eigenvalue weighted by molar-refractivity contribution is 5.95. The van der Waals surface area contributed by atoms with Gasteiger partial charge in [0.25, 0.3) is 5.89 Å². The standard InChI is InChI=1S/C15H13FN2O4/c1-7-11-6-10(16)4-5-12(11)22-13(7)15(19)20-8(2)14-18-17-9(3)21-14/h4-6,8H,1-3H3. The minimum Gasteiger partial charge on any atom is -0.449 e. The van der Waals surface area contributed by atoms with Crippen molar-refractivity contribution in [2.75, 3.05) is 0 Å². The fourth-order valence-corrected chi connectivity index (χ4v) is 2.13. The monoisotopic (exact) mass is 304 g/mol. The molecule has 0 bridgehead atoms. The topological polar surface area (TPSA) is 78.4 Å². The highest BCUT2D eigenvalue weighted by atomic mass is 19.1. The van der Waals surface area contributed by atoms with Gasteiger partial charge in [-0.3, -0.25) is 0 Å². The minimum atomic E-state index is -0.710. The van der Waals surface area contributed by atoms with Gasteiger partial charge in [-0.25, -0.2) is 9.18 Å². The SMILES string of the molecule is Cc1nnc(C(C)OC(=O)c2oc3ccc(F)cc3c2C)o1. The lowest BCUT2D eigenvalue weighted by Crippen LogP contribution is -2.09. The third-order valence-electron chi connectivity index (χ3n) is 3.26. The molecule has 0 saturated heterocycles. The number of ether oxygens (including phenoxy) is 1. The summed E-state index contributed by atoms with van der Waals surface area (Å²) in [6.45, 7) is 4.93. The van der Waals surface area contributed by atoms with Crippen molar-refractivity contribution in [3.8, 4) is 0 Å². The Morgan fingerprint density at radius 1 is 1.27 bits per heavy atom. The number of benzene rings is 1. The van der Waals surface area contributed by atoms with E-state index in [2.05, 4.69) is 10.2 Å². The second kappa shape index (κ2) is 5.25. The maximum absolute atomic E-state index is 13.3. The van der Waals surface area contributed by atoms with Crippen LogP contribution in [0.2, 0.25) is 0 Å². The molecule has 3 aromatic rings. The van der Waals surface area contributed by atoms with Gasteiger partial charge in [0.15, 0.2) is 6.10 Å². The van der Waals surface area contributed by atoms with Crippen LogP contribution in [0.3, 0.4) is 0 Å². The molecule has 0 aliphatic rings. The fraction of sp³-hybridized carbons (Fsp3) is 0.267. The lowest BCUT2D eigenvalue weighted by Gasteiger charge is -2.07. The predicted octanol–water partition coefficient (Wildman–Crippen LogP) is 3.49. The normalized spacial score (nSPS) is 12.5. The van der Waals surface area contributed by atoms with Crippen LogP contribution >= 0.6 is 0 Å². The van der Waals surface area contributed by atoms with E-state index in [1.807, 2.05) is 0 Å². The number of carbonyl (C=O) groups is 1. The molecule has 0 fully saturated rings. The van der Waals surface area contributed by atoms with Crippen LogP contribution in [0.15, 0.2) is 27.0 Å². The first kappa shape index (κ1) is 14.2. The molecular formula is C15H13FN2O4. The number of aromatic nitrogens is 2. The van der Waals surface area contributed by atoms with Crippen LogP contribution < -0.4 is 0 Å². The van der Waals surface area contributed by atoms with E-state index in [1.165, 1.54) is 18.2 Å². The van der Waals surface area contributed by atoms with Crippen molar-refractivity contribution in [1.29, 1.82) is 0 Å². The van der Waals surface area contributed by atoms with Gasteiger partial charge in [0, 0.05) is 17.9 Å². The zero-order chi connectivity index (χ0) is 15.9. The van der Waals surface area contributed by atoms with Gasteiger partial charge in [0.2, 0.25) is 11.7 Å². The number of esters is 1. The van der Waals surface area contributed by atoms with Crippen molar-refractivity contribution in [2.24, 2.45) is 0 Å². The molecule has 6 nitrogen and oxygen atoms in total. The van der Waals surface area contributed by atoms with E-state index >= 15 is 0 Å². The highest BCUT2D eigenvalue weighted by Crippen LogP contribution is 2.28. The number of nitrogens with zero attached hydrogens (tertiary/aromatic N) is 2. The van der Waals surface area contributed by atoms with Gasteiger partial charge in [-0.2, -0.15) is 0 Å². The molecule has 1 aromatic carbocycles. The largest absolute Gasteiger partial charge is 0.449 e. The zero-order valence-electron chi connectivity index (χ0n) is 12.2. The molecule has 0 radical (unpaired) electrons. The number of halogens is 1. The Kier molecular flexibility index (Phi) is 3.40.